The highest BCUT2D eigenvalue weighted by Crippen LogP contribution is 2.39. The van der Waals surface area contributed by atoms with Crippen molar-refractivity contribution in [1.82, 2.24) is 0 Å². The van der Waals surface area contributed by atoms with Crippen LogP contribution in [0.2, 0.25) is 0 Å². The van der Waals surface area contributed by atoms with Gasteiger partial charge in [-0.3, -0.25) is 4.21 Å². The quantitative estimate of drug-likeness (QED) is 0.846. The van der Waals surface area contributed by atoms with Crippen molar-refractivity contribution in [3.63, 3.8) is 0 Å². The van der Waals surface area contributed by atoms with E-state index in [1.165, 1.54) is 5.75 Å². The van der Waals surface area contributed by atoms with E-state index in [0.717, 1.165) is 38.0 Å². The van der Waals surface area contributed by atoms with Crippen LogP contribution in [0, 0.1) is 0 Å². The molecular weight excluding hydrogens is 254 g/mol. The Kier molecular flexibility index (Phi) is 4.92. The van der Waals surface area contributed by atoms with E-state index in [0.29, 0.717) is 11.0 Å². The summed E-state index contributed by atoms with van der Waals surface area (Å²) >= 11 is 1.96. The van der Waals surface area contributed by atoms with Gasteiger partial charge >= 0.3 is 0 Å². The standard InChI is InChI=1S/C12H23NO2S2/c1-2-10(13)8-17(14)11-3-5-15-12(7-11)4-6-16-9-12/h10-11H,2-9,13H2,1H3. The zero-order valence-corrected chi connectivity index (χ0v) is 12.2. The van der Waals surface area contributed by atoms with Gasteiger partial charge < -0.3 is 10.5 Å². The van der Waals surface area contributed by atoms with E-state index in [4.69, 9.17) is 10.5 Å². The number of hydrogen-bond acceptors (Lipinski definition) is 4. The summed E-state index contributed by atoms with van der Waals surface area (Å²) in [5.41, 5.74) is 5.94. The van der Waals surface area contributed by atoms with Crippen molar-refractivity contribution < 1.29 is 8.95 Å². The van der Waals surface area contributed by atoms with Crippen molar-refractivity contribution in [2.24, 2.45) is 5.73 Å². The summed E-state index contributed by atoms with van der Waals surface area (Å²) in [6.45, 7) is 2.83. The predicted octanol–water partition coefficient (Wildman–Crippen LogP) is 1.53. The Hall–Kier alpha value is 0.420. The van der Waals surface area contributed by atoms with E-state index >= 15 is 0 Å². The molecule has 5 heteroatoms. The molecule has 3 nitrogen and oxygen atoms in total. The zero-order chi connectivity index (χ0) is 12.3. The molecule has 2 fully saturated rings. The monoisotopic (exact) mass is 277 g/mol. The Morgan fingerprint density at radius 2 is 2.47 bits per heavy atom. The second kappa shape index (κ2) is 6.04. The minimum atomic E-state index is -0.773. The highest BCUT2D eigenvalue weighted by atomic mass is 32.2. The third-order valence-electron chi connectivity index (χ3n) is 3.79. The van der Waals surface area contributed by atoms with E-state index in [1.54, 1.807) is 0 Å². The minimum absolute atomic E-state index is 0.0412. The molecule has 0 aliphatic carbocycles. The Morgan fingerprint density at radius 3 is 3.12 bits per heavy atom. The molecule has 2 aliphatic heterocycles. The Morgan fingerprint density at radius 1 is 1.65 bits per heavy atom. The second-order valence-corrected chi connectivity index (χ2v) is 8.03. The molecule has 1 spiro atoms. The Bertz CT molecular complexity index is 280. The van der Waals surface area contributed by atoms with Gasteiger partial charge in [-0.25, -0.2) is 0 Å². The van der Waals surface area contributed by atoms with Crippen LogP contribution in [-0.2, 0) is 15.5 Å². The molecule has 100 valence electrons. The molecule has 2 N–H and O–H groups in total. The summed E-state index contributed by atoms with van der Waals surface area (Å²) in [6, 6.07) is 0.0904. The fraction of sp³-hybridized carbons (Fsp3) is 1.00. The fourth-order valence-corrected chi connectivity index (χ4v) is 5.69. The molecule has 2 aliphatic rings. The first-order valence-corrected chi connectivity index (χ1v) is 9.03. The molecule has 2 heterocycles. The van der Waals surface area contributed by atoms with Crippen molar-refractivity contribution in [2.75, 3.05) is 23.9 Å². The molecule has 0 amide bonds. The maximum Gasteiger partial charge on any atom is 0.0791 e. The van der Waals surface area contributed by atoms with E-state index in [1.807, 2.05) is 11.8 Å². The summed E-state index contributed by atoms with van der Waals surface area (Å²) in [4.78, 5) is 0. The Labute approximate surface area is 111 Å². The smallest absolute Gasteiger partial charge is 0.0791 e. The third-order valence-corrected chi connectivity index (χ3v) is 6.92. The number of rotatable bonds is 4. The van der Waals surface area contributed by atoms with Crippen LogP contribution in [0.3, 0.4) is 0 Å². The lowest BCUT2D eigenvalue weighted by molar-refractivity contribution is -0.0567. The van der Waals surface area contributed by atoms with Crippen LogP contribution in [0.5, 0.6) is 0 Å². The van der Waals surface area contributed by atoms with Crippen LogP contribution in [0.25, 0.3) is 0 Å². The number of thioether (sulfide) groups is 1. The van der Waals surface area contributed by atoms with Gasteiger partial charge in [0.15, 0.2) is 0 Å². The average molecular weight is 277 g/mol. The van der Waals surface area contributed by atoms with Crippen LogP contribution >= 0.6 is 11.8 Å². The average Bonchev–Trinajstić information content (AvgIpc) is 2.77. The number of ether oxygens (including phenoxy) is 1. The van der Waals surface area contributed by atoms with Crippen LogP contribution in [0.1, 0.15) is 32.6 Å². The van der Waals surface area contributed by atoms with Crippen LogP contribution < -0.4 is 5.73 Å². The summed E-state index contributed by atoms with van der Waals surface area (Å²) in [7, 11) is -0.773. The van der Waals surface area contributed by atoms with Gasteiger partial charge in [-0.1, -0.05) is 6.92 Å². The molecule has 0 bridgehead atoms. The fourth-order valence-electron chi connectivity index (χ4n) is 2.54. The molecule has 0 aromatic heterocycles. The SMILES string of the molecule is CCC(N)CS(=O)C1CCOC2(CCSC2)C1. The molecule has 2 saturated heterocycles. The molecule has 4 atom stereocenters. The largest absolute Gasteiger partial charge is 0.374 e. The first kappa shape index (κ1) is 13.8. The first-order valence-electron chi connectivity index (χ1n) is 6.50. The van der Waals surface area contributed by atoms with Gasteiger partial charge in [-0.15, -0.1) is 0 Å². The predicted molar refractivity (Wildman–Crippen MR) is 74.9 cm³/mol. The van der Waals surface area contributed by atoms with Gasteiger partial charge in [0, 0.05) is 40.2 Å². The lowest BCUT2D eigenvalue weighted by Crippen LogP contribution is -2.44. The van der Waals surface area contributed by atoms with E-state index < -0.39 is 10.8 Å². The van der Waals surface area contributed by atoms with E-state index in [-0.39, 0.29) is 11.6 Å². The molecule has 0 aromatic rings. The van der Waals surface area contributed by atoms with Crippen molar-refractivity contribution in [2.45, 2.75) is 49.5 Å². The van der Waals surface area contributed by atoms with Crippen molar-refractivity contribution in [3.8, 4) is 0 Å². The van der Waals surface area contributed by atoms with Gasteiger partial charge in [-0.2, -0.15) is 11.8 Å². The maximum absolute atomic E-state index is 12.3. The van der Waals surface area contributed by atoms with Gasteiger partial charge in [0.05, 0.1) is 5.60 Å². The second-order valence-electron chi connectivity index (χ2n) is 5.16. The van der Waals surface area contributed by atoms with Gasteiger partial charge in [-0.05, 0) is 31.4 Å². The maximum atomic E-state index is 12.3. The first-order chi connectivity index (χ1) is 8.15. The molecule has 17 heavy (non-hydrogen) atoms. The number of hydrogen-bond donors (Lipinski definition) is 1. The summed E-state index contributed by atoms with van der Waals surface area (Å²) in [5.74, 6) is 2.93. The van der Waals surface area contributed by atoms with Crippen molar-refractivity contribution >= 4 is 22.6 Å². The van der Waals surface area contributed by atoms with E-state index in [9.17, 15) is 4.21 Å². The lowest BCUT2D eigenvalue weighted by Gasteiger charge is -2.37. The highest BCUT2D eigenvalue weighted by Gasteiger charge is 2.42. The molecular formula is C12H23NO2S2. The molecule has 2 rings (SSSR count). The normalized spacial score (nSPS) is 37.2. The minimum Gasteiger partial charge on any atom is -0.374 e. The zero-order valence-electron chi connectivity index (χ0n) is 10.5. The van der Waals surface area contributed by atoms with Crippen LogP contribution in [0.4, 0.5) is 0 Å². The molecule has 0 saturated carbocycles. The molecule has 4 unspecified atom stereocenters. The topological polar surface area (TPSA) is 52.3 Å². The summed E-state index contributed by atoms with van der Waals surface area (Å²) in [5, 5.41) is 0.306. The van der Waals surface area contributed by atoms with Crippen LogP contribution in [-0.4, -0.2) is 45.0 Å². The molecule has 0 aromatic carbocycles. The summed E-state index contributed by atoms with van der Waals surface area (Å²) < 4.78 is 18.2. The van der Waals surface area contributed by atoms with Crippen molar-refractivity contribution in [1.29, 1.82) is 0 Å². The molecule has 0 radical (unpaired) electrons. The van der Waals surface area contributed by atoms with Gasteiger partial charge in [0.2, 0.25) is 0 Å². The Balaban J connectivity index is 1.90. The number of nitrogens with two attached hydrogens (primary N) is 1. The highest BCUT2D eigenvalue weighted by molar-refractivity contribution is 7.99. The van der Waals surface area contributed by atoms with Gasteiger partial charge in [0.1, 0.15) is 0 Å². The lowest BCUT2D eigenvalue weighted by atomic mass is 9.93. The van der Waals surface area contributed by atoms with Gasteiger partial charge in [0.25, 0.3) is 0 Å². The van der Waals surface area contributed by atoms with Crippen molar-refractivity contribution in [3.05, 3.63) is 0 Å². The summed E-state index contributed by atoms with van der Waals surface area (Å²) in [6.07, 6.45) is 3.96. The van der Waals surface area contributed by atoms with E-state index in [2.05, 4.69) is 6.92 Å². The third kappa shape index (κ3) is 3.46. The van der Waals surface area contributed by atoms with Crippen LogP contribution in [0.15, 0.2) is 0 Å².